The molecular formula is C17H24BrNO3. The average Bonchev–Trinajstić information content (AvgIpc) is 2.48. The molecule has 1 aromatic carbocycles. The molecule has 0 aromatic heterocycles. The summed E-state index contributed by atoms with van der Waals surface area (Å²) in [5.74, 6) is 0.635. The van der Waals surface area contributed by atoms with E-state index in [-0.39, 0.29) is 5.41 Å². The van der Waals surface area contributed by atoms with Crippen LogP contribution in [0.15, 0.2) is 16.6 Å². The summed E-state index contributed by atoms with van der Waals surface area (Å²) in [7, 11) is 0. The van der Waals surface area contributed by atoms with Gasteiger partial charge in [-0.05, 0) is 39.0 Å². The van der Waals surface area contributed by atoms with E-state index in [2.05, 4.69) is 41.6 Å². The number of carbonyl (C=O) groups excluding carboxylic acids is 1. The quantitative estimate of drug-likeness (QED) is 0.746. The number of rotatable bonds is 5. The third-order valence-corrected chi connectivity index (χ3v) is 4.41. The summed E-state index contributed by atoms with van der Waals surface area (Å²) in [5, 5.41) is 0. The van der Waals surface area contributed by atoms with E-state index >= 15 is 0 Å². The summed E-state index contributed by atoms with van der Waals surface area (Å²) in [6.07, 6.45) is 0.865. The molecule has 0 saturated carbocycles. The maximum Gasteiger partial charge on any atom is 0.153 e. The largest absolute Gasteiger partial charge is 0.490 e. The van der Waals surface area contributed by atoms with Gasteiger partial charge in [-0.3, -0.25) is 9.69 Å². The number of hydrogen-bond acceptors (Lipinski definition) is 4. The molecule has 5 heteroatoms. The standard InChI is InChI=1S/C17H24BrNO3/c1-17(2,3)14-10-13(12-20)16(15(18)11-14)22-9-6-19-4-7-21-8-5-19/h10-12H,4-9H2,1-3H3. The zero-order valence-corrected chi connectivity index (χ0v) is 15.1. The minimum Gasteiger partial charge on any atom is -0.490 e. The molecule has 0 spiro atoms. The van der Waals surface area contributed by atoms with Gasteiger partial charge in [-0.2, -0.15) is 0 Å². The van der Waals surface area contributed by atoms with Gasteiger partial charge in [0.15, 0.2) is 6.29 Å². The van der Waals surface area contributed by atoms with Crippen LogP contribution in [-0.2, 0) is 10.2 Å². The van der Waals surface area contributed by atoms with Gasteiger partial charge in [0.2, 0.25) is 0 Å². The second-order valence-corrected chi connectivity index (χ2v) is 7.40. The van der Waals surface area contributed by atoms with Gasteiger partial charge >= 0.3 is 0 Å². The van der Waals surface area contributed by atoms with Crippen LogP contribution in [-0.4, -0.2) is 50.6 Å². The maximum absolute atomic E-state index is 11.4. The summed E-state index contributed by atoms with van der Waals surface area (Å²) < 4.78 is 12.0. The van der Waals surface area contributed by atoms with E-state index in [4.69, 9.17) is 9.47 Å². The van der Waals surface area contributed by atoms with Crippen LogP contribution in [0.3, 0.4) is 0 Å². The molecule has 1 aliphatic rings. The van der Waals surface area contributed by atoms with Crippen molar-refractivity contribution in [2.24, 2.45) is 0 Å². The Morgan fingerprint density at radius 2 is 2.00 bits per heavy atom. The van der Waals surface area contributed by atoms with Crippen molar-refractivity contribution in [3.05, 3.63) is 27.7 Å². The van der Waals surface area contributed by atoms with Crippen LogP contribution in [0.4, 0.5) is 0 Å². The van der Waals surface area contributed by atoms with Crippen LogP contribution in [0, 0.1) is 0 Å². The topological polar surface area (TPSA) is 38.8 Å². The monoisotopic (exact) mass is 369 g/mol. The average molecular weight is 370 g/mol. The lowest BCUT2D eigenvalue weighted by Gasteiger charge is -2.26. The van der Waals surface area contributed by atoms with Crippen molar-refractivity contribution in [3.63, 3.8) is 0 Å². The highest BCUT2D eigenvalue weighted by molar-refractivity contribution is 9.10. The van der Waals surface area contributed by atoms with Gasteiger partial charge in [0.05, 0.1) is 23.2 Å². The summed E-state index contributed by atoms with van der Waals surface area (Å²) in [6, 6.07) is 3.96. The van der Waals surface area contributed by atoms with Crippen molar-refractivity contribution in [2.45, 2.75) is 26.2 Å². The van der Waals surface area contributed by atoms with Crippen LogP contribution in [0.2, 0.25) is 0 Å². The predicted molar refractivity (Wildman–Crippen MR) is 91.0 cm³/mol. The minimum atomic E-state index is -0.00733. The molecule has 122 valence electrons. The number of morpholine rings is 1. The first-order chi connectivity index (χ1) is 10.4. The Hall–Kier alpha value is -0.910. The molecule has 0 amide bonds. The number of benzene rings is 1. The summed E-state index contributed by atoms with van der Waals surface area (Å²) in [6.45, 7) is 11.2. The molecule has 1 saturated heterocycles. The Balaban J connectivity index is 2.05. The zero-order valence-electron chi connectivity index (χ0n) is 13.5. The van der Waals surface area contributed by atoms with Crippen LogP contribution in [0.5, 0.6) is 5.75 Å². The van der Waals surface area contributed by atoms with Crippen molar-refractivity contribution < 1.29 is 14.3 Å². The number of hydrogen-bond donors (Lipinski definition) is 0. The highest BCUT2D eigenvalue weighted by Gasteiger charge is 2.19. The predicted octanol–water partition coefficient (Wildman–Crippen LogP) is 3.27. The molecule has 1 fully saturated rings. The zero-order chi connectivity index (χ0) is 16.2. The smallest absolute Gasteiger partial charge is 0.153 e. The molecule has 0 atom stereocenters. The summed E-state index contributed by atoms with van der Waals surface area (Å²) >= 11 is 3.54. The van der Waals surface area contributed by atoms with Crippen LogP contribution < -0.4 is 4.74 Å². The van der Waals surface area contributed by atoms with Gasteiger partial charge in [0, 0.05) is 19.6 Å². The number of nitrogens with zero attached hydrogens (tertiary/aromatic N) is 1. The Labute approximate surface area is 140 Å². The van der Waals surface area contributed by atoms with Crippen molar-refractivity contribution in [3.8, 4) is 5.75 Å². The molecule has 1 aromatic rings. The summed E-state index contributed by atoms with van der Waals surface area (Å²) in [4.78, 5) is 13.7. The lowest BCUT2D eigenvalue weighted by atomic mass is 9.86. The molecule has 4 nitrogen and oxygen atoms in total. The van der Waals surface area contributed by atoms with Gasteiger partial charge in [-0.15, -0.1) is 0 Å². The van der Waals surface area contributed by atoms with Gasteiger partial charge in [-0.1, -0.05) is 20.8 Å². The normalized spacial score (nSPS) is 16.5. The number of ether oxygens (including phenoxy) is 2. The third kappa shape index (κ3) is 4.54. The molecule has 2 rings (SSSR count). The molecule has 0 aliphatic carbocycles. The molecular weight excluding hydrogens is 346 g/mol. The van der Waals surface area contributed by atoms with Gasteiger partial charge in [0.1, 0.15) is 12.4 Å². The lowest BCUT2D eigenvalue weighted by Crippen LogP contribution is -2.38. The van der Waals surface area contributed by atoms with E-state index in [9.17, 15) is 4.79 Å². The Morgan fingerprint density at radius 3 is 2.59 bits per heavy atom. The second-order valence-electron chi connectivity index (χ2n) is 6.55. The lowest BCUT2D eigenvalue weighted by molar-refractivity contribution is 0.0322. The van der Waals surface area contributed by atoms with Gasteiger partial charge in [-0.25, -0.2) is 0 Å². The maximum atomic E-state index is 11.4. The highest BCUT2D eigenvalue weighted by Crippen LogP contribution is 2.34. The third-order valence-electron chi connectivity index (χ3n) is 3.82. The van der Waals surface area contributed by atoms with Crippen LogP contribution in [0.1, 0.15) is 36.7 Å². The van der Waals surface area contributed by atoms with E-state index in [0.717, 1.165) is 49.2 Å². The highest BCUT2D eigenvalue weighted by atomic mass is 79.9. The number of carbonyl (C=O) groups is 1. The first kappa shape index (κ1) is 17.4. The summed E-state index contributed by atoms with van der Waals surface area (Å²) in [5.41, 5.74) is 1.70. The van der Waals surface area contributed by atoms with Crippen molar-refractivity contribution in [2.75, 3.05) is 39.5 Å². The first-order valence-corrected chi connectivity index (χ1v) is 8.43. The minimum absolute atomic E-state index is 0.00733. The molecule has 0 unspecified atom stereocenters. The van der Waals surface area contributed by atoms with Crippen molar-refractivity contribution in [1.82, 2.24) is 4.90 Å². The number of aldehydes is 1. The fraction of sp³-hybridized carbons (Fsp3) is 0.588. The number of halogens is 1. The van der Waals surface area contributed by atoms with E-state index in [1.807, 2.05) is 12.1 Å². The van der Waals surface area contributed by atoms with E-state index < -0.39 is 0 Å². The molecule has 1 aliphatic heterocycles. The molecule has 22 heavy (non-hydrogen) atoms. The molecule has 0 N–H and O–H groups in total. The van der Waals surface area contributed by atoms with Gasteiger partial charge in [0.25, 0.3) is 0 Å². The molecule has 0 bridgehead atoms. The molecule has 0 radical (unpaired) electrons. The Morgan fingerprint density at radius 1 is 1.32 bits per heavy atom. The van der Waals surface area contributed by atoms with E-state index in [1.54, 1.807) is 0 Å². The molecule has 1 heterocycles. The van der Waals surface area contributed by atoms with Gasteiger partial charge < -0.3 is 9.47 Å². The van der Waals surface area contributed by atoms with Crippen LogP contribution >= 0.6 is 15.9 Å². The Bertz CT molecular complexity index is 519. The fourth-order valence-corrected chi connectivity index (χ4v) is 2.98. The van der Waals surface area contributed by atoms with E-state index in [0.29, 0.717) is 17.9 Å². The Kier molecular flexibility index (Phi) is 6.01. The van der Waals surface area contributed by atoms with Crippen molar-refractivity contribution in [1.29, 1.82) is 0 Å². The first-order valence-electron chi connectivity index (χ1n) is 7.64. The van der Waals surface area contributed by atoms with Crippen LogP contribution in [0.25, 0.3) is 0 Å². The van der Waals surface area contributed by atoms with Crippen molar-refractivity contribution >= 4 is 22.2 Å². The SMILES string of the molecule is CC(C)(C)c1cc(Br)c(OCCN2CCOCC2)c(C=O)c1. The fourth-order valence-electron chi connectivity index (χ4n) is 2.39. The second kappa shape index (κ2) is 7.57. The van der Waals surface area contributed by atoms with E-state index in [1.165, 1.54) is 0 Å².